The van der Waals surface area contributed by atoms with E-state index in [0.717, 1.165) is 4.90 Å². The summed E-state index contributed by atoms with van der Waals surface area (Å²) in [6, 6.07) is 17.0. The van der Waals surface area contributed by atoms with E-state index >= 15 is 0 Å². The molecule has 138 valence electrons. The number of fused-ring (bicyclic) bond motifs is 1. The molecule has 0 radical (unpaired) electrons. The summed E-state index contributed by atoms with van der Waals surface area (Å²) in [5, 5.41) is 8.94. The third-order valence-electron chi connectivity index (χ3n) is 4.35. The molecule has 7 heteroatoms. The SMILES string of the molecule is Nc1ccc(N2C(=O)c3ccc(Oc4ccc(C(=O)O)cc4)cc3C2=O)cc1. The van der Waals surface area contributed by atoms with Crippen molar-refractivity contribution in [2.75, 3.05) is 10.6 Å². The van der Waals surface area contributed by atoms with Crippen LogP contribution in [0.15, 0.2) is 66.7 Å². The summed E-state index contributed by atoms with van der Waals surface area (Å²) in [5.41, 5.74) is 7.29. The van der Waals surface area contributed by atoms with Crippen molar-refractivity contribution in [3.63, 3.8) is 0 Å². The number of ether oxygens (including phenoxy) is 1. The van der Waals surface area contributed by atoms with Gasteiger partial charge in [-0.15, -0.1) is 0 Å². The van der Waals surface area contributed by atoms with Crippen molar-refractivity contribution < 1.29 is 24.2 Å². The van der Waals surface area contributed by atoms with Gasteiger partial charge < -0.3 is 15.6 Å². The molecule has 0 bridgehead atoms. The molecule has 1 aliphatic rings. The Labute approximate surface area is 159 Å². The molecule has 0 aromatic heterocycles. The predicted octanol–water partition coefficient (Wildman–Crippen LogP) is 3.56. The Morgan fingerprint density at radius 3 is 2.07 bits per heavy atom. The van der Waals surface area contributed by atoms with Crippen molar-refractivity contribution in [2.24, 2.45) is 0 Å². The van der Waals surface area contributed by atoms with Crippen LogP contribution >= 0.6 is 0 Å². The van der Waals surface area contributed by atoms with Crippen LogP contribution in [0.2, 0.25) is 0 Å². The molecule has 3 aromatic rings. The normalized spacial score (nSPS) is 12.8. The second-order valence-electron chi connectivity index (χ2n) is 6.18. The van der Waals surface area contributed by atoms with E-state index in [-0.39, 0.29) is 16.7 Å². The highest BCUT2D eigenvalue weighted by atomic mass is 16.5. The first-order chi connectivity index (χ1) is 13.4. The van der Waals surface area contributed by atoms with Gasteiger partial charge >= 0.3 is 5.97 Å². The van der Waals surface area contributed by atoms with Gasteiger partial charge in [0.25, 0.3) is 11.8 Å². The zero-order valence-electron chi connectivity index (χ0n) is 14.5. The van der Waals surface area contributed by atoms with Gasteiger partial charge in [-0.25, -0.2) is 9.69 Å². The number of nitrogens with zero attached hydrogens (tertiary/aromatic N) is 1. The van der Waals surface area contributed by atoms with E-state index in [1.165, 1.54) is 36.4 Å². The van der Waals surface area contributed by atoms with Crippen LogP contribution in [0.4, 0.5) is 11.4 Å². The molecule has 4 rings (SSSR count). The summed E-state index contributed by atoms with van der Waals surface area (Å²) >= 11 is 0. The minimum Gasteiger partial charge on any atom is -0.478 e. The van der Waals surface area contributed by atoms with Crippen LogP contribution in [0.25, 0.3) is 0 Å². The molecule has 3 aromatic carbocycles. The van der Waals surface area contributed by atoms with E-state index in [2.05, 4.69) is 0 Å². The molecule has 28 heavy (non-hydrogen) atoms. The number of hydrogen-bond acceptors (Lipinski definition) is 5. The van der Waals surface area contributed by atoms with Crippen LogP contribution < -0.4 is 15.4 Å². The van der Waals surface area contributed by atoms with E-state index < -0.39 is 17.8 Å². The van der Waals surface area contributed by atoms with Crippen molar-refractivity contribution in [3.05, 3.63) is 83.4 Å². The van der Waals surface area contributed by atoms with Gasteiger partial charge in [0, 0.05) is 5.69 Å². The third-order valence-corrected chi connectivity index (χ3v) is 4.35. The number of carbonyl (C=O) groups is 3. The largest absolute Gasteiger partial charge is 0.478 e. The Kier molecular flexibility index (Phi) is 4.04. The van der Waals surface area contributed by atoms with E-state index in [1.807, 2.05) is 0 Å². The highest BCUT2D eigenvalue weighted by Crippen LogP contribution is 2.32. The van der Waals surface area contributed by atoms with Crippen LogP contribution in [0.1, 0.15) is 31.1 Å². The lowest BCUT2D eigenvalue weighted by Crippen LogP contribution is -2.29. The lowest BCUT2D eigenvalue weighted by Gasteiger charge is -2.13. The molecule has 0 saturated carbocycles. The maximum atomic E-state index is 12.8. The van der Waals surface area contributed by atoms with Crippen LogP contribution in [0.3, 0.4) is 0 Å². The summed E-state index contributed by atoms with van der Waals surface area (Å²) in [5.74, 6) is -1.12. The molecule has 0 saturated heterocycles. The Morgan fingerprint density at radius 1 is 0.821 bits per heavy atom. The minimum atomic E-state index is -1.03. The number of benzene rings is 3. The van der Waals surface area contributed by atoms with Crippen LogP contribution in [0.5, 0.6) is 11.5 Å². The summed E-state index contributed by atoms with van der Waals surface area (Å²) < 4.78 is 5.69. The van der Waals surface area contributed by atoms with Gasteiger partial charge in [0.05, 0.1) is 22.4 Å². The summed E-state index contributed by atoms with van der Waals surface area (Å²) in [7, 11) is 0. The highest BCUT2D eigenvalue weighted by molar-refractivity contribution is 6.34. The number of nitrogen functional groups attached to an aromatic ring is 1. The maximum absolute atomic E-state index is 12.8. The fourth-order valence-corrected chi connectivity index (χ4v) is 2.94. The minimum absolute atomic E-state index is 0.140. The molecule has 2 amide bonds. The summed E-state index contributed by atoms with van der Waals surface area (Å²) in [6.07, 6.45) is 0. The first-order valence-electron chi connectivity index (χ1n) is 8.33. The topological polar surface area (TPSA) is 110 Å². The van der Waals surface area contributed by atoms with Gasteiger partial charge in [0.1, 0.15) is 11.5 Å². The molecule has 1 heterocycles. The lowest BCUT2D eigenvalue weighted by atomic mass is 10.1. The van der Waals surface area contributed by atoms with Crippen LogP contribution in [-0.4, -0.2) is 22.9 Å². The average molecular weight is 374 g/mol. The maximum Gasteiger partial charge on any atom is 0.335 e. The molecule has 0 unspecified atom stereocenters. The monoisotopic (exact) mass is 374 g/mol. The molecule has 0 atom stereocenters. The number of carboxylic acid groups (broad SMARTS) is 1. The zero-order chi connectivity index (χ0) is 19.8. The Hall–Kier alpha value is -4.13. The Balaban J connectivity index is 1.61. The molecular formula is C21H14N2O5. The molecule has 7 nitrogen and oxygen atoms in total. The number of rotatable bonds is 4. The number of carbonyl (C=O) groups excluding carboxylic acids is 2. The molecule has 0 fully saturated rings. The van der Waals surface area contributed by atoms with Crippen molar-refractivity contribution in [1.82, 2.24) is 0 Å². The van der Waals surface area contributed by atoms with Crippen LogP contribution in [0, 0.1) is 0 Å². The fraction of sp³-hybridized carbons (Fsp3) is 0. The van der Waals surface area contributed by atoms with Crippen molar-refractivity contribution >= 4 is 29.2 Å². The lowest BCUT2D eigenvalue weighted by molar-refractivity contribution is 0.0696. The Bertz CT molecular complexity index is 1100. The number of hydrogen-bond donors (Lipinski definition) is 2. The van der Waals surface area contributed by atoms with Crippen LogP contribution in [-0.2, 0) is 0 Å². The standard InChI is InChI=1S/C21H14N2O5/c22-13-3-5-14(6-4-13)23-19(24)17-10-9-16(11-18(17)20(23)25)28-15-7-1-12(2-8-15)21(26)27/h1-11H,22H2,(H,26,27). The highest BCUT2D eigenvalue weighted by Gasteiger charge is 2.37. The summed E-state index contributed by atoms with van der Waals surface area (Å²) in [6.45, 7) is 0. The van der Waals surface area contributed by atoms with Gasteiger partial charge in [-0.1, -0.05) is 0 Å². The predicted molar refractivity (Wildman–Crippen MR) is 102 cm³/mol. The van der Waals surface area contributed by atoms with Crippen molar-refractivity contribution in [3.8, 4) is 11.5 Å². The number of nitrogens with two attached hydrogens (primary N) is 1. The van der Waals surface area contributed by atoms with E-state index in [0.29, 0.717) is 22.9 Å². The number of imide groups is 1. The van der Waals surface area contributed by atoms with Gasteiger partial charge in [0.15, 0.2) is 0 Å². The Morgan fingerprint density at radius 2 is 1.43 bits per heavy atom. The molecule has 3 N–H and O–H groups in total. The van der Waals surface area contributed by atoms with Crippen molar-refractivity contribution in [2.45, 2.75) is 0 Å². The third kappa shape index (κ3) is 2.95. The van der Waals surface area contributed by atoms with E-state index in [9.17, 15) is 14.4 Å². The van der Waals surface area contributed by atoms with Gasteiger partial charge in [-0.2, -0.15) is 0 Å². The first-order valence-corrected chi connectivity index (χ1v) is 8.33. The number of carboxylic acids is 1. The quantitative estimate of drug-likeness (QED) is 0.534. The summed E-state index contributed by atoms with van der Waals surface area (Å²) in [4.78, 5) is 37.4. The molecular weight excluding hydrogens is 360 g/mol. The van der Waals surface area contributed by atoms with E-state index in [1.54, 1.807) is 30.3 Å². The number of aromatic carboxylic acids is 1. The molecule has 1 aliphatic heterocycles. The van der Waals surface area contributed by atoms with Gasteiger partial charge in [-0.05, 0) is 66.7 Å². The number of anilines is 2. The first kappa shape index (κ1) is 17.3. The molecule has 0 spiro atoms. The second-order valence-corrected chi connectivity index (χ2v) is 6.18. The van der Waals surface area contributed by atoms with Gasteiger partial charge in [-0.3, -0.25) is 9.59 Å². The van der Waals surface area contributed by atoms with Gasteiger partial charge in [0.2, 0.25) is 0 Å². The van der Waals surface area contributed by atoms with E-state index in [4.69, 9.17) is 15.6 Å². The zero-order valence-corrected chi connectivity index (χ0v) is 14.5. The van der Waals surface area contributed by atoms with Crippen molar-refractivity contribution in [1.29, 1.82) is 0 Å². The number of amides is 2. The smallest absolute Gasteiger partial charge is 0.335 e. The average Bonchev–Trinajstić information content (AvgIpc) is 2.93. The second kappa shape index (κ2) is 6.55. The molecule has 0 aliphatic carbocycles. The fourth-order valence-electron chi connectivity index (χ4n) is 2.94.